The highest BCUT2D eigenvalue weighted by Crippen LogP contribution is 2.24. The van der Waals surface area contributed by atoms with Crippen LogP contribution in [0.5, 0.6) is 0 Å². The highest BCUT2D eigenvalue weighted by atomic mass is 127. The summed E-state index contributed by atoms with van der Waals surface area (Å²) in [6, 6.07) is -0.959. The monoisotopic (exact) mass is 1130 g/mol. The number of ether oxygens (including phenoxy) is 5. The maximum absolute atomic E-state index is 15.2. The van der Waals surface area contributed by atoms with E-state index in [-0.39, 0.29) is 18.8 Å². The normalized spacial score (nSPS) is 24.5. The van der Waals surface area contributed by atoms with Crippen LogP contribution >= 0.6 is 22.6 Å². The molecule has 1 saturated heterocycles. The molecule has 1 aliphatic heterocycles. The molecule has 11 atom stereocenters. The Balaban J connectivity index is 2.99. The van der Waals surface area contributed by atoms with Crippen molar-refractivity contribution in [2.45, 2.75) is 149 Å². The largest absolute Gasteiger partial charge is 0.458 e. The summed E-state index contributed by atoms with van der Waals surface area (Å²) >= 11 is 1.37. The molecule has 1 aliphatic rings. The van der Waals surface area contributed by atoms with Crippen molar-refractivity contribution >= 4 is 79.9 Å². The number of hydrogen-bond acceptors (Lipinski definition) is 15. The van der Waals surface area contributed by atoms with Gasteiger partial charge < -0.3 is 59.7 Å². The fraction of sp³-hybridized carbons (Fsp3) is 0.633. The van der Waals surface area contributed by atoms with E-state index in [0.29, 0.717) is 5.56 Å². The van der Waals surface area contributed by atoms with Crippen molar-refractivity contribution in [3.8, 4) is 0 Å². The van der Waals surface area contributed by atoms with Crippen molar-refractivity contribution in [3.63, 3.8) is 0 Å². The molecule has 1 aromatic rings. The molecule has 72 heavy (non-hydrogen) atoms. The van der Waals surface area contributed by atoms with Gasteiger partial charge in [-0.25, -0.2) is 14.4 Å². The lowest BCUT2D eigenvalue weighted by atomic mass is 9.95. The van der Waals surface area contributed by atoms with Gasteiger partial charge in [-0.15, -0.1) is 0 Å². The van der Waals surface area contributed by atoms with Crippen molar-refractivity contribution in [3.05, 3.63) is 48.2 Å². The number of rotatable bonds is 15. The first-order valence-electron chi connectivity index (χ1n) is 23.6. The van der Waals surface area contributed by atoms with E-state index < -0.39 is 142 Å². The summed E-state index contributed by atoms with van der Waals surface area (Å²) in [5.41, 5.74) is 0.0696. The highest BCUT2D eigenvalue weighted by molar-refractivity contribution is 14.1. The molecule has 0 aliphatic carbocycles. The zero-order chi connectivity index (χ0) is 55.1. The SMILES string of the molecule is C=C1C(=O)N[C@@H](C)C(=O)N(C)[C@@H](C)C(=O)N[C@@H]([C@H](OC(=O)[C@@H](NC(=O)CC)[C@H](OC)C(C)C)C(C)C)C(=O)N(C)[C@@H]([C@@H](C)OC)C(=O)O[C@H](C(C)C)[C@H](NC(=O)I)C(=O)O[C@H](Cc2ccccc2)C(=O)N1C. The number of nitrogens with zero attached hydrogens (tertiary/aromatic N) is 3. The summed E-state index contributed by atoms with van der Waals surface area (Å²) < 4.78 is 28.4. The Morgan fingerprint density at radius 1 is 0.806 bits per heavy atom. The molecular formula is C49H74IN7O15. The first-order chi connectivity index (χ1) is 33.6. The van der Waals surface area contributed by atoms with Crippen LogP contribution in [0.3, 0.4) is 0 Å². The van der Waals surface area contributed by atoms with Crippen molar-refractivity contribution in [2.75, 3.05) is 35.4 Å². The number of nitrogens with one attached hydrogen (secondary N) is 4. The molecule has 0 saturated carbocycles. The average molecular weight is 1130 g/mol. The van der Waals surface area contributed by atoms with Gasteiger partial charge in [-0.3, -0.25) is 33.6 Å². The minimum atomic E-state index is -1.82. The molecule has 1 fully saturated rings. The van der Waals surface area contributed by atoms with Gasteiger partial charge in [0.15, 0.2) is 24.2 Å². The fourth-order valence-electron chi connectivity index (χ4n) is 7.78. The minimum absolute atomic E-state index is 0.000229. The van der Waals surface area contributed by atoms with E-state index in [0.717, 1.165) is 14.7 Å². The van der Waals surface area contributed by atoms with E-state index >= 15 is 4.79 Å². The van der Waals surface area contributed by atoms with E-state index in [1.54, 1.807) is 78.8 Å². The predicted molar refractivity (Wildman–Crippen MR) is 270 cm³/mol. The molecule has 22 nitrogen and oxygen atoms in total. The van der Waals surface area contributed by atoms with Crippen LogP contribution in [0, 0.1) is 17.8 Å². The van der Waals surface area contributed by atoms with E-state index in [9.17, 15) is 43.2 Å². The standard InChI is InChI=1S/C49H74IN7O15/c1-17-33(58)52-35(38(69-16)24(2)3)47(65)71-39(25(4)5)34-45(63)57(14)37(30(11)68-15)48(66)72-40(26(6)7)36(54-49(50)67)46(64)70-32(23-31-21-19-18-20-22-31)44(62)56(13)28(9)41(59)51-27(8)43(61)55(12)29(10)42(60)53-34/h18-22,24-27,29-30,32,34-40H,9,17,23H2,1-8,10-16H3,(H,51,59)(H,52,58)(H,53,60)(H,54,67)/t27-,29-,30+,32+,34-,35-,36-,37-,38+,39+,40+/m0/s1. The van der Waals surface area contributed by atoms with Crippen molar-refractivity contribution in [1.29, 1.82) is 0 Å². The molecule has 7 amide bonds. The van der Waals surface area contributed by atoms with Crippen molar-refractivity contribution < 1.29 is 71.6 Å². The number of carbonyl (C=O) groups excluding carboxylic acids is 10. The summed E-state index contributed by atoms with van der Waals surface area (Å²) in [6.45, 7) is 19.3. The second-order valence-corrected chi connectivity index (χ2v) is 19.6. The molecule has 0 radical (unpaired) electrons. The fourth-order valence-corrected chi connectivity index (χ4v) is 8.11. The van der Waals surface area contributed by atoms with Crippen LogP contribution < -0.4 is 21.3 Å². The Hall–Kier alpha value is -5.69. The second kappa shape index (κ2) is 28.5. The van der Waals surface area contributed by atoms with E-state index in [1.807, 2.05) is 0 Å². The first kappa shape index (κ1) is 62.4. The zero-order valence-electron chi connectivity index (χ0n) is 43.9. The van der Waals surface area contributed by atoms with Gasteiger partial charge in [0.25, 0.3) is 15.7 Å². The van der Waals surface area contributed by atoms with Crippen LogP contribution in [-0.2, 0) is 73.3 Å². The van der Waals surface area contributed by atoms with Crippen LogP contribution in [0.4, 0.5) is 4.79 Å². The number of carbonyl (C=O) groups is 10. The number of hydrogen-bond donors (Lipinski definition) is 4. The number of esters is 3. The van der Waals surface area contributed by atoms with Gasteiger partial charge in [0.05, 0.1) is 12.2 Å². The van der Waals surface area contributed by atoms with Gasteiger partial charge in [0.2, 0.25) is 23.6 Å². The molecule has 23 heteroatoms. The van der Waals surface area contributed by atoms with E-state index in [4.69, 9.17) is 23.7 Å². The smallest absolute Gasteiger partial charge is 0.333 e. The number of amides is 7. The van der Waals surface area contributed by atoms with Gasteiger partial charge >= 0.3 is 17.9 Å². The van der Waals surface area contributed by atoms with Gasteiger partial charge in [0, 0.05) is 70.8 Å². The van der Waals surface area contributed by atoms with Crippen LogP contribution in [0.15, 0.2) is 42.6 Å². The third-order valence-corrected chi connectivity index (χ3v) is 12.7. The average Bonchev–Trinajstić information content (AvgIpc) is 3.33. The molecule has 1 heterocycles. The maximum atomic E-state index is 15.2. The van der Waals surface area contributed by atoms with Crippen molar-refractivity contribution in [2.24, 2.45) is 17.8 Å². The molecule has 402 valence electrons. The van der Waals surface area contributed by atoms with E-state index in [2.05, 4.69) is 27.8 Å². The Morgan fingerprint density at radius 3 is 1.90 bits per heavy atom. The molecule has 0 spiro atoms. The quantitative estimate of drug-likeness (QED) is 0.0489. The summed E-state index contributed by atoms with van der Waals surface area (Å²) in [4.78, 5) is 143. The highest BCUT2D eigenvalue weighted by Gasteiger charge is 2.47. The number of halogens is 1. The molecule has 1 aromatic carbocycles. The molecule has 0 bridgehead atoms. The third kappa shape index (κ3) is 16.7. The lowest BCUT2D eigenvalue weighted by molar-refractivity contribution is -0.176. The van der Waals surface area contributed by atoms with Crippen LogP contribution in [0.2, 0.25) is 0 Å². The Kier molecular flexibility index (Phi) is 24.7. The maximum Gasteiger partial charge on any atom is 0.333 e. The Labute approximate surface area is 435 Å². The van der Waals surface area contributed by atoms with Gasteiger partial charge in [0.1, 0.15) is 36.0 Å². The van der Waals surface area contributed by atoms with E-state index in [1.165, 1.54) is 78.7 Å². The number of benzene rings is 1. The molecule has 4 N–H and O–H groups in total. The molecule has 0 unspecified atom stereocenters. The van der Waals surface area contributed by atoms with Gasteiger partial charge in [-0.05, 0) is 44.1 Å². The predicted octanol–water partition coefficient (Wildman–Crippen LogP) is 2.04. The molecular weight excluding hydrogens is 1050 g/mol. The first-order valence-corrected chi connectivity index (χ1v) is 24.7. The topological polar surface area (TPSA) is 275 Å². The second-order valence-electron chi connectivity index (χ2n) is 18.6. The van der Waals surface area contributed by atoms with Gasteiger partial charge in [-0.1, -0.05) is 85.4 Å². The van der Waals surface area contributed by atoms with Crippen molar-refractivity contribution in [1.82, 2.24) is 36.0 Å². The summed E-state index contributed by atoms with van der Waals surface area (Å²) in [5, 5.41) is 10.2. The Morgan fingerprint density at radius 2 is 1.40 bits per heavy atom. The van der Waals surface area contributed by atoms with Crippen LogP contribution in [0.25, 0.3) is 0 Å². The lowest BCUT2D eigenvalue weighted by Gasteiger charge is -2.39. The zero-order valence-corrected chi connectivity index (χ0v) is 46.1. The Bertz CT molecular complexity index is 2120. The number of methoxy groups -OCH3 is 2. The number of likely N-dealkylation sites (N-methyl/N-ethyl adjacent to an activating group) is 3. The summed E-state index contributed by atoms with van der Waals surface area (Å²) in [6.07, 6.45) is -7.06. The van der Waals surface area contributed by atoms with Gasteiger partial charge in [-0.2, -0.15) is 0 Å². The number of cyclic esters (lactones) is 2. The minimum Gasteiger partial charge on any atom is -0.458 e. The molecule has 2 rings (SSSR count). The summed E-state index contributed by atoms with van der Waals surface area (Å²) in [7, 11) is 6.29. The summed E-state index contributed by atoms with van der Waals surface area (Å²) in [5.74, 6) is -10.4. The lowest BCUT2D eigenvalue weighted by Crippen LogP contribution is -2.64. The third-order valence-electron chi connectivity index (χ3n) is 12.4. The van der Waals surface area contributed by atoms with Crippen LogP contribution in [0.1, 0.15) is 81.2 Å². The molecule has 0 aromatic heterocycles. The van der Waals surface area contributed by atoms with Crippen LogP contribution in [-0.4, -0.2) is 174 Å².